The molecule has 0 fully saturated rings. The Morgan fingerprint density at radius 1 is 1.29 bits per heavy atom. The number of halogens is 2. The van der Waals surface area contributed by atoms with Gasteiger partial charge in [-0.3, -0.25) is 0 Å². The lowest BCUT2D eigenvalue weighted by Gasteiger charge is -2.05. The fourth-order valence-corrected chi connectivity index (χ4v) is 2.01. The Bertz CT molecular complexity index is 830. The van der Waals surface area contributed by atoms with Crippen LogP contribution >= 0.6 is 0 Å². The van der Waals surface area contributed by atoms with Crippen LogP contribution in [0.15, 0.2) is 41.1 Å². The van der Waals surface area contributed by atoms with Crippen LogP contribution in [0, 0.1) is 0 Å². The molecule has 21 heavy (non-hydrogen) atoms. The molecular formula is C14H8F2N2O3. The number of rotatable bonds is 3. The predicted molar refractivity (Wildman–Crippen MR) is 69.2 cm³/mol. The number of alkyl halides is 2. The molecule has 0 unspecified atom stereocenters. The third-order valence-electron chi connectivity index (χ3n) is 2.98. The fourth-order valence-electron chi connectivity index (χ4n) is 2.01. The van der Waals surface area contributed by atoms with Gasteiger partial charge in [-0.25, -0.2) is 23.5 Å². The van der Waals surface area contributed by atoms with Crippen LogP contribution in [0.4, 0.5) is 8.78 Å². The summed E-state index contributed by atoms with van der Waals surface area (Å²) in [5.41, 5.74) is -0.416. The molecule has 3 aromatic rings. The van der Waals surface area contributed by atoms with E-state index in [0.29, 0.717) is 16.5 Å². The van der Waals surface area contributed by atoms with Gasteiger partial charge in [-0.05, 0) is 6.07 Å². The van der Waals surface area contributed by atoms with E-state index in [1.165, 1.54) is 6.26 Å². The van der Waals surface area contributed by atoms with Crippen molar-refractivity contribution in [2.45, 2.75) is 6.43 Å². The number of furan rings is 1. The van der Waals surface area contributed by atoms with E-state index >= 15 is 0 Å². The zero-order valence-corrected chi connectivity index (χ0v) is 10.5. The zero-order chi connectivity index (χ0) is 15.0. The van der Waals surface area contributed by atoms with Crippen LogP contribution in [0.25, 0.3) is 22.4 Å². The summed E-state index contributed by atoms with van der Waals surface area (Å²) in [4.78, 5) is 18.4. The van der Waals surface area contributed by atoms with Crippen molar-refractivity contribution in [2.24, 2.45) is 0 Å². The Balaban J connectivity index is 2.19. The van der Waals surface area contributed by atoms with Crippen molar-refractivity contribution in [1.29, 1.82) is 0 Å². The van der Waals surface area contributed by atoms with Crippen LogP contribution in [0.5, 0.6) is 0 Å². The quantitative estimate of drug-likeness (QED) is 0.798. The Kier molecular flexibility index (Phi) is 3.09. The third-order valence-corrected chi connectivity index (χ3v) is 2.98. The van der Waals surface area contributed by atoms with E-state index in [-0.39, 0.29) is 5.82 Å². The number of benzene rings is 1. The van der Waals surface area contributed by atoms with Crippen LogP contribution < -0.4 is 0 Å². The number of carboxylic acid groups (broad SMARTS) is 1. The lowest BCUT2D eigenvalue weighted by Crippen LogP contribution is -2.07. The lowest BCUT2D eigenvalue weighted by molar-refractivity contribution is 0.0681. The summed E-state index contributed by atoms with van der Waals surface area (Å²) in [6, 6.07) is 7.00. The molecule has 0 saturated heterocycles. The van der Waals surface area contributed by atoms with E-state index in [1.807, 2.05) is 0 Å². The highest BCUT2D eigenvalue weighted by atomic mass is 19.3. The first-order chi connectivity index (χ1) is 10.1. The molecule has 0 amide bonds. The number of carboxylic acids is 1. The molecule has 0 aliphatic carbocycles. The Labute approximate surface area is 116 Å². The monoisotopic (exact) mass is 290 g/mol. The highest BCUT2D eigenvalue weighted by molar-refractivity contribution is 5.93. The molecule has 5 nitrogen and oxygen atoms in total. The molecule has 0 atom stereocenters. The second-order valence-corrected chi connectivity index (χ2v) is 4.24. The van der Waals surface area contributed by atoms with Gasteiger partial charge < -0.3 is 9.52 Å². The zero-order valence-electron chi connectivity index (χ0n) is 10.5. The summed E-state index contributed by atoms with van der Waals surface area (Å²) in [7, 11) is 0. The maximum Gasteiger partial charge on any atom is 0.339 e. The van der Waals surface area contributed by atoms with Gasteiger partial charge in [0.2, 0.25) is 0 Å². The molecule has 1 N–H and O–H groups in total. The molecule has 0 aliphatic heterocycles. The van der Waals surface area contributed by atoms with Crippen molar-refractivity contribution in [3.05, 3.63) is 48.0 Å². The van der Waals surface area contributed by atoms with Gasteiger partial charge >= 0.3 is 5.97 Å². The number of fused-ring (bicyclic) bond motifs is 1. The first-order valence-electron chi connectivity index (χ1n) is 5.93. The van der Waals surface area contributed by atoms with Crippen molar-refractivity contribution < 1.29 is 23.1 Å². The molecule has 0 aliphatic rings. The first kappa shape index (κ1) is 13.2. The van der Waals surface area contributed by atoms with E-state index in [2.05, 4.69) is 9.97 Å². The van der Waals surface area contributed by atoms with Crippen molar-refractivity contribution in [2.75, 3.05) is 0 Å². The number of para-hydroxylation sites is 1. The number of carbonyl (C=O) groups is 1. The van der Waals surface area contributed by atoms with E-state index in [9.17, 15) is 13.6 Å². The maximum atomic E-state index is 12.9. The first-order valence-corrected chi connectivity index (χ1v) is 5.93. The molecule has 0 saturated carbocycles. The second kappa shape index (κ2) is 4.93. The molecule has 7 heteroatoms. The van der Waals surface area contributed by atoms with Crippen LogP contribution in [-0.2, 0) is 0 Å². The van der Waals surface area contributed by atoms with Gasteiger partial charge in [0.25, 0.3) is 6.43 Å². The standard InChI is InChI=1S/C14H8F2N2O3/c15-12(16)11-8(14(19)20)5-17-13(18-11)9-6-21-10-4-2-1-3-7(9)10/h1-6,12H,(H,19,20). The SMILES string of the molecule is O=C(O)c1cnc(-c2coc3ccccc23)nc1C(F)F. The Hall–Kier alpha value is -2.83. The highest BCUT2D eigenvalue weighted by Crippen LogP contribution is 2.30. The Morgan fingerprint density at radius 2 is 2.05 bits per heavy atom. The number of hydrogen-bond donors (Lipinski definition) is 1. The summed E-state index contributed by atoms with van der Waals surface area (Å²) >= 11 is 0. The van der Waals surface area contributed by atoms with E-state index in [1.54, 1.807) is 24.3 Å². The Morgan fingerprint density at radius 3 is 2.76 bits per heavy atom. The van der Waals surface area contributed by atoms with E-state index in [4.69, 9.17) is 9.52 Å². The average Bonchev–Trinajstić information content (AvgIpc) is 2.90. The number of aromatic nitrogens is 2. The lowest BCUT2D eigenvalue weighted by atomic mass is 10.1. The summed E-state index contributed by atoms with van der Waals surface area (Å²) < 4.78 is 31.2. The number of hydrogen-bond acceptors (Lipinski definition) is 4. The molecule has 0 radical (unpaired) electrons. The van der Waals surface area contributed by atoms with Gasteiger partial charge in [0.05, 0.1) is 5.56 Å². The van der Waals surface area contributed by atoms with Crippen molar-refractivity contribution in [1.82, 2.24) is 9.97 Å². The largest absolute Gasteiger partial charge is 0.478 e. The minimum Gasteiger partial charge on any atom is -0.478 e. The second-order valence-electron chi connectivity index (χ2n) is 4.24. The molecular weight excluding hydrogens is 282 g/mol. The third kappa shape index (κ3) is 2.22. The highest BCUT2D eigenvalue weighted by Gasteiger charge is 2.22. The molecule has 2 heterocycles. The average molecular weight is 290 g/mol. The topological polar surface area (TPSA) is 76.2 Å². The summed E-state index contributed by atoms with van der Waals surface area (Å²) in [6.45, 7) is 0. The van der Waals surface area contributed by atoms with Crippen molar-refractivity contribution >= 4 is 16.9 Å². The minimum absolute atomic E-state index is 0.000231. The van der Waals surface area contributed by atoms with Crippen molar-refractivity contribution in [3.8, 4) is 11.4 Å². The van der Waals surface area contributed by atoms with Gasteiger partial charge in [-0.2, -0.15) is 0 Å². The maximum absolute atomic E-state index is 12.9. The summed E-state index contributed by atoms with van der Waals surface area (Å²) in [5.74, 6) is -1.49. The smallest absolute Gasteiger partial charge is 0.339 e. The predicted octanol–water partition coefficient (Wildman–Crippen LogP) is 3.53. The van der Waals surface area contributed by atoms with Gasteiger partial charge in [0.15, 0.2) is 5.82 Å². The summed E-state index contributed by atoms with van der Waals surface area (Å²) in [6.07, 6.45) is -0.764. The molecule has 1 aromatic carbocycles. The van der Waals surface area contributed by atoms with Gasteiger partial charge in [-0.15, -0.1) is 0 Å². The van der Waals surface area contributed by atoms with E-state index < -0.39 is 23.7 Å². The molecule has 0 spiro atoms. The van der Waals surface area contributed by atoms with Gasteiger partial charge in [-0.1, -0.05) is 18.2 Å². The number of aromatic carboxylic acids is 1. The molecule has 2 aromatic heterocycles. The van der Waals surface area contributed by atoms with Crippen LogP contribution in [-0.4, -0.2) is 21.0 Å². The van der Waals surface area contributed by atoms with Crippen LogP contribution in [0.3, 0.4) is 0 Å². The molecule has 106 valence electrons. The van der Waals surface area contributed by atoms with Gasteiger partial charge in [0, 0.05) is 11.6 Å². The molecule has 0 bridgehead atoms. The minimum atomic E-state index is -3.00. The normalized spacial score (nSPS) is 11.2. The van der Waals surface area contributed by atoms with Crippen LogP contribution in [0.2, 0.25) is 0 Å². The van der Waals surface area contributed by atoms with E-state index in [0.717, 1.165) is 6.20 Å². The number of nitrogens with zero attached hydrogens (tertiary/aromatic N) is 2. The fraction of sp³-hybridized carbons (Fsp3) is 0.0714. The molecule has 3 rings (SSSR count). The van der Waals surface area contributed by atoms with Gasteiger partial charge in [0.1, 0.15) is 23.1 Å². The summed E-state index contributed by atoms with van der Waals surface area (Å²) in [5, 5.41) is 9.54. The van der Waals surface area contributed by atoms with Crippen molar-refractivity contribution in [3.63, 3.8) is 0 Å². The van der Waals surface area contributed by atoms with Crippen LogP contribution in [0.1, 0.15) is 22.5 Å².